The first-order chi connectivity index (χ1) is 9.72. The number of rotatable bonds is 6. The molecular weight excluding hydrogens is 268 g/mol. The highest BCUT2D eigenvalue weighted by molar-refractivity contribution is 5.90. The average Bonchev–Trinajstić information content (AvgIpc) is 2.38. The van der Waals surface area contributed by atoms with Crippen LogP contribution in [0.15, 0.2) is 24.3 Å². The first kappa shape index (κ1) is 17.0. The minimum Gasteiger partial charge on any atom is -0.481 e. The zero-order chi connectivity index (χ0) is 16.0. The maximum atomic E-state index is 12.0. The molecule has 0 saturated heterocycles. The maximum Gasteiger partial charge on any atom is 0.319 e. The maximum absolute atomic E-state index is 12.0. The first-order valence-electron chi connectivity index (χ1n) is 7.07. The largest absolute Gasteiger partial charge is 0.481 e. The zero-order valence-corrected chi connectivity index (χ0v) is 13.1. The summed E-state index contributed by atoms with van der Waals surface area (Å²) in [4.78, 5) is 22.8. The quantitative estimate of drug-likeness (QED) is 0.753. The van der Waals surface area contributed by atoms with Crippen molar-refractivity contribution in [1.29, 1.82) is 0 Å². The number of nitrogens with one attached hydrogen (secondary N) is 2. The summed E-state index contributed by atoms with van der Waals surface area (Å²) in [6.07, 6.45) is -0.117. The van der Waals surface area contributed by atoms with Crippen molar-refractivity contribution in [2.45, 2.75) is 34.1 Å². The number of anilines is 1. The van der Waals surface area contributed by atoms with Crippen LogP contribution in [0.25, 0.3) is 0 Å². The summed E-state index contributed by atoms with van der Waals surface area (Å²) in [6, 6.07) is 6.59. The molecule has 5 nitrogen and oxygen atoms in total. The highest BCUT2D eigenvalue weighted by Crippen LogP contribution is 2.24. The summed E-state index contributed by atoms with van der Waals surface area (Å²) in [5.41, 5.74) is 1.11. The summed E-state index contributed by atoms with van der Waals surface area (Å²) in [6.45, 7) is 8.97. The van der Waals surface area contributed by atoms with E-state index in [1.165, 1.54) is 0 Å². The summed E-state index contributed by atoms with van der Waals surface area (Å²) in [5, 5.41) is 14.4. The lowest BCUT2D eigenvalue weighted by Gasteiger charge is -2.29. The van der Waals surface area contributed by atoms with E-state index in [1.807, 2.05) is 0 Å². The van der Waals surface area contributed by atoms with E-state index in [0.29, 0.717) is 23.7 Å². The van der Waals surface area contributed by atoms with Crippen LogP contribution in [0.3, 0.4) is 0 Å². The van der Waals surface area contributed by atoms with E-state index in [4.69, 9.17) is 5.11 Å². The Labute approximate surface area is 125 Å². The van der Waals surface area contributed by atoms with E-state index in [0.717, 1.165) is 0 Å². The van der Waals surface area contributed by atoms with Gasteiger partial charge in [-0.2, -0.15) is 0 Å². The molecule has 1 aromatic rings. The molecule has 0 spiro atoms. The number of aliphatic carboxylic acids is 1. The van der Waals surface area contributed by atoms with Gasteiger partial charge in [0.15, 0.2) is 0 Å². The van der Waals surface area contributed by atoms with Gasteiger partial charge in [0.2, 0.25) is 0 Å². The number of benzene rings is 1. The Hall–Kier alpha value is -2.04. The molecule has 0 aliphatic heterocycles. The van der Waals surface area contributed by atoms with Crippen LogP contribution in [-0.2, 0) is 11.2 Å². The topological polar surface area (TPSA) is 78.4 Å². The van der Waals surface area contributed by atoms with Crippen LogP contribution >= 0.6 is 0 Å². The monoisotopic (exact) mass is 292 g/mol. The van der Waals surface area contributed by atoms with Gasteiger partial charge in [0, 0.05) is 12.2 Å². The molecule has 5 heteroatoms. The molecule has 0 bridgehead atoms. The highest BCUT2D eigenvalue weighted by Gasteiger charge is 2.23. The third kappa shape index (κ3) is 5.45. The van der Waals surface area contributed by atoms with Crippen LogP contribution in [0, 0.1) is 11.3 Å². The second kappa shape index (κ2) is 7.11. The molecule has 0 saturated carbocycles. The van der Waals surface area contributed by atoms with Crippen LogP contribution in [-0.4, -0.2) is 23.7 Å². The Morgan fingerprint density at radius 1 is 1.24 bits per heavy atom. The Bertz CT molecular complexity index is 510. The molecule has 116 valence electrons. The number of amides is 2. The zero-order valence-electron chi connectivity index (χ0n) is 13.1. The van der Waals surface area contributed by atoms with Gasteiger partial charge in [-0.15, -0.1) is 0 Å². The lowest BCUT2D eigenvalue weighted by atomic mass is 9.81. The summed E-state index contributed by atoms with van der Waals surface area (Å²) in [7, 11) is 0. The lowest BCUT2D eigenvalue weighted by Crippen LogP contribution is -2.39. The predicted octanol–water partition coefficient (Wildman–Crippen LogP) is 3.12. The molecule has 2 amide bonds. The Morgan fingerprint density at radius 2 is 1.86 bits per heavy atom. The third-order valence-electron chi connectivity index (χ3n) is 3.87. The second-order valence-electron chi connectivity index (χ2n) is 6.18. The smallest absolute Gasteiger partial charge is 0.319 e. The van der Waals surface area contributed by atoms with Gasteiger partial charge in [-0.05, 0) is 23.0 Å². The van der Waals surface area contributed by atoms with E-state index in [-0.39, 0.29) is 17.9 Å². The predicted molar refractivity (Wildman–Crippen MR) is 83.4 cm³/mol. The first-order valence-corrected chi connectivity index (χ1v) is 7.07. The van der Waals surface area contributed by atoms with Crippen molar-refractivity contribution in [3.8, 4) is 0 Å². The number of para-hydroxylation sites is 1. The van der Waals surface area contributed by atoms with Crippen molar-refractivity contribution in [2.24, 2.45) is 11.3 Å². The molecule has 1 rings (SSSR count). The fraction of sp³-hybridized carbons (Fsp3) is 0.500. The number of carboxylic acids is 1. The Balaban J connectivity index is 2.65. The molecule has 0 radical (unpaired) electrons. The van der Waals surface area contributed by atoms with Crippen molar-refractivity contribution in [2.75, 3.05) is 11.9 Å². The minimum atomic E-state index is -0.925. The Kier molecular flexibility index (Phi) is 5.76. The minimum absolute atomic E-state index is 0.00206. The lowest BCUT2D eigenvalue weighted by molar-refractivity contribution is -0.136. The third-order valence-corrected chi connectivity index (χ3v) is 3.87. The van der Waals surface area contributed by atoms with Gasteiger partial charge in [-0.1, -0.05) is 45.9 Å². The molecule has 0 unspecified atom stereocenters. The van der Waals surface area contributed by atoms with Gasteiger partial charge < -0.3 is 15.7 Å². The van der Waals surface area contributed by atoms with Crippen molar-refractivity contribution >= 4 is 17.7 Å². The van der Waals surface area contributed by atoms with Crippen molar-refractivity contribution in [1.82, 2.24) is 5.32 Å². The molecule has 0 fully saturated rings. The SMILES string of the molecule is CC(C)C(C)(C)CNC(=O)Nc1ccccc1CC(=O)O. The van der Waals surface area contributed by atoms with Gasteiger partial charge in [0.1, 0.15) is 0 Å². The standard InChI is InChI=1S/C16H24N2O3/c1-11(2)16(3,4)10-17-15(21)18-13-8-6-5-7-12(13)9-14(19)20/h5-8,11H,9-10H2,1-4H3,(H,19,20)(H2,17,18,21). The summed E-state index contributed by atoms with van der Waals surface area (Å²) < 4.78 is 0. The number of carboxylic acid groups (broad SMARTS) is 1. The Morgan fingerprint density at radius 3 is 2.43 bits per heavy atom. The van der Waals surface area contributed by atoms with E-state index in [9.17, 15) is 9.59 Å². The van der Waals surface area contributed by atoms with Crippen LogP contribution < -0.4 is 10.6 Å². The summed E-state index contributed by atoms with van der Waals surface area (Å²) >= 11 is 0. The van der Waals surface area contributed by atoms with E-state index in [2.05, 4.69) is 38.3 Å². The van der Waals surface area contributed by atoms with Crippen molar-refractivity contribution < 1.29 is 14.7 Å². The molecule has 21 heavy (non-hydrogen) atoms. The van der Waals surface area contributed by atoms with Gasteiger partial charge in [-0.3, -0.25) is 4.79 Å². The average molecular weight is 292 g/mol. The van der Waals surface area contributed by atoms with Crippen molar-refractivity contribution in [3.05, 3.63) is 29.8 Å². The normalized spacial score (nSPS) is 11.3. The molecular formula is C16H24N2O3. The fourth-order valence-corrected chi connectivity index (χ4v) is 1.64. The van der Waals surface area contributed by atoms with Gasteiger partial charge in [0.25, 0.3) is 0 Å². The molecule has 0 heterocycles. The number of carbonyl (C=O) groups excluding carboxylic acids is 1. The van der Waals surface area contributed by atoms with Crippen LogP contribution in [0.1, 0.15) is 33.3 Å². The van der Waals surface area contributed by atoms with E-state index < -0.39 is 5.97 Å². The van der Waals surface area contributed by atoms with E-state index >= 15 is 0 Å². The summed E-state index contributed by atoms with van der Waals surface area (Å²) in [5.74, 6) is -0.484. The van der Waals surface area contributed by atoms with Gasteiger partial charge in [-0.25, -0.2) is 4.79 Å². The van der Waals surface area contributed by atoms with Crippen LogP contribution in [0.2, 0.25) is 0 Å². The molecule has 3 N–H and O–H groups in total. The highest BCUT2D eigenvalue weighted by atomic mass is 16.4. The number of hydrogen-bond acceptors (Lipinski definition) is 2. The van der Waals surface area contributed by atoms with Crippen LogP contribution in [0.4, 0.5) is 10.5 Å². The second-order valence-corrected chi connectivity index (χ2v) is 6.18. The number of urea groups is 1. The van der Waals surface area contributed by atoms with E-state index in [1.54, 1.807) is 24.3 Å². The molecule has 0 aliphatic carbocycles. The van der Waals surface area contributed by atoms with Gasteiger partial charge in [0.05, 0.1) is 6.42 Å². The van der Waals surface area contributed by atoms with Crippen LogP contribution in [0.5, 0.6) is 0 Å². The molecule has 0 aromatic heterocycles. The fourth-order valence-electron chi connectivity index (χ4n) is 1.64. The number of hydrogen-bond donors (Lipinski definition) is 3. The van der Waals surface area contributed by atoms with Gasteiger partial charge >= 0.3 is 12.0 Å². The van der Waals surface area contributed by atoms with Crippen molar-refractivity contribution in [3.63, 3.8) is 0 Å². The number of carbonyl (C=O) groups is 2. The molecule has 0 atom stereocenters. The molecule has 0 aliphatic rings. The molecule has 1 aromatic carbocycles.